The minimum Gasteiger partial charge on any atom is -0.456 e. The molecule has 2 heterocycles. The van der Waals surface area contributed by atoms with Crippen LogP contribution in [0.5, 0.6) is 0 Å². The van der Waals surface area contributed by atoms with Crippen LogP contribution in [-0.2, 0) is 0 Å². The molecule has 230 valence electrons. The Labute approximate surface area is 283 Å². The molecule has 3 nitrogen and oxygen atoms in total. The Balaban J connectivity index is 1.19. The first-order valence-corrected chi connectivity index (χ1v) is 16.7. The average molecular weight is 627 g/mol. The molecule has 0 saturated carbocycles. The van der Waals surface area contributed by atoms with Crippen molar-refractivity contribution in [3.63, 3.8) is 0 Å². The molecular weight excluding hydrogens is 597 g/mol. The molecule has 8 aromatic carbocycles. The molecule has 0 aliphatic heterocycles. The number of hydrogen-bond donors (Lipinski definition) is 0. The van der Waals surface area contributed by atoms with Gasteiger partial charge in [0.25, 0.3) is 0 Å². The average Bonchev–Trinajstić information content (AvgIpc) is 3.70. The van der Waals surface area contributed by atoms with Crippen LogP contribution in [0.15, 0.2) is 186 Å². The smallest absolute Gasteiger partial charge is 0.135 e. The van der Waals surface area contributed by atoms with E-state index in [1.807, 2.05) is 12.1 Å². The van der Waals surface area contributed by atoms with Gasteiger partial charge in [0.05, 0.1) is 11.0 Å². The first kappa shape index (κ1) is 27.5. The molecule has 10 rings (SSSR count). The van der Waals surface area contributed by atoms with E-state index in [9.17, 15) is 0 Å². The van der Waals surface area contributed by atoms with Crippen LogP contribution in [-0.4, -0.2) is 4.57 Å². The quantitative estimate of drug-likeness (QED) is 0.190. The number of anilines is 3. The van der Waals surface area contributed by atoms with Crippen LogP contribution in [0.25, 0.3) is 71.3 Å². The van der Waals surface area contributed by atoms with Gasteiger partial charge < -0.3 is 13.9 Å². The second-order valence-corrected chi connectivity index (χ2v) is 12.6. The summed E-state index contributed by atoms with van der Waals surface area (Å²) in [4.78, 5) is 2.36. The Morgan fingerprint density at radius 3 is 1.88 bits per heavy atom. The molecule has 0 spiro atoms. The van der Waals surface area contributed by atoms with E-state index < -0.39 is 0 Å². The lowest BCUT2D eigenvalue weighted by atomic mass is 10.0. The summed E-state index contributed by atoms with van der Waals surface area (Å²) in [5.74, 6) is 0. The summed E-state index contributed by atoms with van der Waals surface area (Å²) in [6.45, 7) is 0. The maximum atomic E-state index is 6.13. The number of furan rings is 1. The molecule has 0 radical (unpaired) electrons. The summed E-state index contributed by atoms with van der Waals surface area (Å²) in [6.07, 6.45) is 0. The van der Waals surface area contributed by atoms with E-state index in [4.69, 9.17) is 4.42 Å². The molecule has 0 N–H and O–H groups in total. The number of fused-ring (bicyclic) bond motifs is 7. The predicted octanol–water partition coefficient (Wildman–Crippen LogP) is 13.0. The van der Waals surface area contributed by atoms with Gasteiger partial charge in [-0.1, -0.05) is 103 Å². The topological polar surface area (TPSA) is 21.3 Å². The Kier molecular flexibility index (Phi) is 6.18. The van der Waals surface area contributed by atoms with Crippen molar-refractivity contribution in [3.8, 4) is 16.8 Å². The van der Waals surface area contributed by atoms with Crippen LogP contribution in [0.3, 0.4) is 0 Å². The van der Waals surface area contributed by atoms with Gasteiger partial charge in [-0.15, -0.1) is 0 Å². The minimum atomic E-state index is 0.911. The number of nitrogens with zero attached hydrogens (tertiary/aromatic N) is 2. The van der Waals surface area contributed by atoms with Crippen molar-refractivity contribution < 1.29 is 4.42 Å². The van der Waals surface area contributed by atoms with E-state index in [1.54, 1.807) is 0 Å². The molecular formula is C46H30N2O. The summed E-state index contributed by atoms with van der Waals surface area (Å²) in [5.41, 5.74) is 11.0. The highest BCUT2D eigenvalue weighted by atomic mass is 16.3. The third kappa shape index (κ3) is 4.51. The molecule has 0 saturated heterocycles. The normalized spacial score (nSPS) is 11.7. The van der Waals surface area contributed by atoms with E-state index in [0.717, 1.165) is 50.2 Å². The lowest BCUT2D eigenvalue weighted by Crippen LogP contribution is -2.10. The summed E-state index contributed by atoms with van der Waals surface area (Å²) < 4.78 is 8.53. The van der Waals surface area contributed by atoms with Crippen LogP contribution in [0.2, 0.25) is 0 Å². The Morgan fingerprint density at radius 2 is 1.02 bits per heavy atom. The molecule has 3 heteroatoms. The Hall–Kier alpha value is -6.58. The van der Waals surface area contributed by atoms with Crippen molar-refractivity contribution >= 4 is 71.6 Å². The molecule has 0 unspecified atom stereocenters. The fourth-order valence-corrected chi connectivity index (χ4v) is 7.43. The van der Waals surface area contributed by atoms with Crippen molar-refractivity contribution in [1.29, 1.82) is 0 Å². The standard InChI is InChI=1S/C46H30N2O/c1-3-13-35(14-4-1)47(37-22-19-31-11-7-8-12-32(31)27-37)38-23-24-39-41-28-33(20-25-43(41)48(44(39)30-38)36-15-5-2-6-16-36)34-21-26-46-42(29-34)40-17-9-10-18-45(40)49-46/h1-30H. The zero-order valence-corrected chi connectivity index (χ0v) is 26.6. The van der Waals surface area contributed by atoms with Crippen LogP contribution < -0.4 is 4.90 Å². The van der Waals surface area contributed by atoms with Gasteiger partial charge >= 0.3 is 0 Å². The first-order valence-electron chi connectivity index (χ1n) is 16.7. The Morgan fingerprint density at radius 1 is 0.367 bits per heavy atom. The monoisotopic (exact) mass is 626 g/mol. The van der Waals surface area contributed by atoms with Gasteiger partial charge in [0.15, 0.2) is 0 Å². The zero-order valence-electron chi connectivity index (χ0n) is 26.6. The van der Waals surface area contributed by atoms with Crippen molar-refractivity contribution in [2.45, 2.75) is 0 Å². The largest absolute Gasteiger partial charge is 0.456 e. The number of para-hydroxylation sites is 3. The summed E-state index contributed by atoms with van der Waals surface area (Å²) in [6, 6.07) is 65.1. The maximum absolute atomic E-state index is 6.13. The summed E-state index contributed by atoms with van der Waals surface area (Å²) in [7, 11) is 0. The SMILES string of the molecule is c1ccc(N(c2ccc3ccccc3c2)c2ccc3c4cc(-c5ccc6oc7ccccc7c6c5)ccc4n(-c4ccccc4)c3c2)cc1. The molecule has 49 heavy (non-hydrogen) atoms. The lowest BCUT2D eigenvalue weighted by Gasteiger charge is -2.26. The third-order valence-electron chi connectivity index (χ3n) is 9.74. The number of aromatic nitrogens is 1. The zero-order chi connectivity index (χ0) is 32.3. The van der Waals surface area contributed by atoms with Gasteiger partial charge in [0.2, 0.25) is 0 Å². The van der Waals surface area contributed by atoms with Crippen LogP contribution in [0, 0.1) is 0 Å². The Bertz CT molecular complexity index is 2830. The second kappa shape index (κ2) is 11.0. The molecule has 0 aliphatic carbocycles. The molecule has 2 aromatic heterocycles. The molecule has 0 atom stereocenters. The second-order valence-electron chi connectivity index (χ2n) is 12.6. The number of benzene rings is 8. The summed E-state index contributed by atoms with van der Waals surface area (Å²) in [5, 5.41) is 7.16. The van der Waals surface area contributed by atoms with Gasteiger partial charge in [-0.25, -0.2) is 0 Å². The van der Waals surface area contributed by atoms with E-state index in [0.29, 0.717) is 0 Å². The van der Waals surface area contributed by atoms with Crippen molar-refractivity contribution in [2.75, 3.05) is 4.90 Å². The van der Waals surface area contributed by atoms with Gasteiger partial charge in [0, 0.05) is 44.3 Å². The maximum Gasteiger partial charge on any atom is 0.135 e. The van der Waals surface area contributed by atoms with Crippen molar-refractivity contribution in [1.82, 2.24) is 4.57 Å². The molecule has 0 amide bonds. The highest BCUT2D eigenvalue weighted by molar-refractivity contribution is 6.12. The van der Waals surface area contributed by atoms with Crippen LogP contribution >= 0.6 is 0 Å². The van der Waals surface area contributed by atoms with Gasteiger partial charge in [-0.2, -0.15) is 0 Å². The van der Waals surface area contributed by atoms with E-state index in [-0.39, 0.29) is 0 Å². The molecule has 10 aromatic rings. The predicted molar refractivity (Wildman–Crippen MR) is 206 cm³/mol. The lowest BCUT2D eigenvalue weighted by molar-refractivity contribution is 0.669. The van der Waals surface area contributed by atoms with Gasteiger partial charge in [-0.05, 0) is 101 Å². The molecule has 0 bridgehead atoms. The van der Waals surface area contributed by atoms with Crippen LogP contribution in [0.4, 0.5) is 17.1 Å². The van der Waals surface area contributed by atoms with Crippen molar-refractivity contribution in [2.24, 2.45) is 0 Å². The highest BCUT2D eigenvalue weighted by Crippen LogP contribution is 2.41. The van der Waals surface area contributed by atoms with E-state index in [1.165, 1.54) is 38.2 Å². The van der Waals surface area contributed by atoms with E-state index in [2.05, 4.69) is 179 Å². The minimum absolute atomic E-state index is 0.911. The molecule has 0 aliphatic rings. The van der Waals surface area contributed by atoms with E-state index >= 15 is 0 Å². The molecule has 0 fully saturated rings. The van der Waals surface area contributed by atoms with Gasteiger partial charge in [-0.3, -0.25) is 0 Å². The van der Waals surface area contributed by atoms with Crippen molar-refractivity contribution in [3.05, 3.63) is 182 Å². The number of hydrogen-bond acceptors (Lipinski definition) is 2. The van der Waals surface area contributed by atoms with Gasteiger partial charge in [0.1, 0.15) is 11.2 Å². The number of rotatable bonds is 5. The fraction of sp³-hybridized carbons (Fsp3) is 0. The highest BCUT2D eigenvalue weighted by Gasteiger charge is 2.18. The fourth-order valence-electron chi connectivity index (χ4n) is 7.43. The third-order valence-corrected chi connectivity index (χ3v) is 9.74. The summed E-state index contributed by atoms with van der Waals surface area (Å²) >= 11 is 0. The first-order chi connectivity index (χ1) is 24.3. The van der Waals surface area contributed by atoms with Crippen LogP contribution in [0.1, 0.15) is 0 Å².